The van der Waals surface area contributed by atoms with Crippen molar-refractivity contribution in [2.75, 3.05) is 33.7 Å². The second-order valence-electron chi connectivity index (χ2n) is 5.76. The van der Waals surface area contributed by atoms with Gasteiger partial charge in [-0.05, 0) is 33.4 Å². The minimum atomic E-state index is -4.14. The van der Waals surface area contributed by atoms with Gasteiger partial charge in [0, 0.05) is 19.1 Å². The van der Waals surface area contributed by atoms with E-state index in [0.29, 0.717) is 25.0 Å². The van der Waals surface area contributed by atoms with Crippen LogP contribution in [0, 0.1) is 5.92 Å². The highest BCUT2D eigenvalue weighted by Crippen LogP contribution is 2.18. The fraction of sp³-hybridized carbons (Fsp3) is 0.929. The van der Waals surface area contributed by atoms with Crippen molar-refractivity contribution in [2.45, 2.75) is 45.8 Å². The number of hydrogen-bond donors (Lipinski definition) is 2. The van der Waals surface area contributed by atoms with E-state index in [1.165, 1.54) is 0 Å². The largest absolute Gasteiger partial charge is 0.390 e. The smallest absolute Gasteiger partial charge is 0.357 e. The Labute approximate surface area is 149 Å². The molecular weight excluding hydrogens is 408 g/mol. The Balaban J connectivity index is 0. The van der Waals surface area contributed by atoms with Crippen molar-refractivity contribution < 1.29 is 13.2 Å². The van der Waals surface area contributed by atoms with Crippen molar-refractivity contribution in [2.24, 2.45) is 10.9 Å². The van der Waals surface area contributed by atoms with Crippen LogP contribution in [-0.2, 0) is 0 Å². The van der Waals surface area contributed by atoms with Gasteiger partial charge in [0.05, 0.1) is 13.0 Å². The molecule has 0 aliphatic heterocycles. The Kier molecular flexibility index (Phi) is 13.3. The highest BCUT2D eigenvalue weighted by molar-refractivity contribution is 14.0. The molecule has 134 valence electrons. The Morgan fingerprint density at radius 3 is 2.18 bits per heavy atom. The molecule has 0 aliphatic rings. The number of likely N-dealkylation sites (N-methyl/N-ethyl adjacent to an activating group) is 1. The third kappa shape index (κ3) is 13.4. The lowest BCUT2D eigenvalue weighted by Crippen LogP contribution is -2.40. The molecule has 2 N–H and O–H groups in total. The van der Waals surface area contributed by atoms with Crippen LogP contribution in [0.15, 0.2) is 4.99 Å². The number of guanidine groups is 1. The van der Waals surface area contributed by atoms with Crippen LogP contribution in [0.5, 0.6) is 0 Å². The molecule has 1 atom stereocenters. The van der Waals surface area contributed by atoms with Crippen molar-refractivity contribution in [1.29, 1.82) is 0 Å². The minimum Gasteiger partial charge on any atom is -0.357 e. The van der Waals surface area contributed by atoms with Crippen LogP contribution >= 0.6 is 24.0 Å². The number of halogens is 4. The predicted octanol–water partition coefficient (Wildman–Crippen LogP) is 3.09. The fourth-order valence-corrected chi connectivity index (χ4v) is 1.85. The SMILES string of the molecule is CCNC(=NCC(CC(C)C)N(C)C)NCCC(F)(F)F.I. The first-order valence-electron chi connectivity index (χ1n) is 7.41. The van der Waals surface area contributed by atoms with Gasteiger partial charge in [0.15, 0.2) is 5.96 Å². The summed E-state index contributed by atoms with van der Waals surface area (Å²) in [5, 5.41) is 5.69. The summed E-state index contributed by atoms with van der Waals surface area (Å²) in [6.07, 6.45) is -4.01. The topological polar surface area (TPSA) is 39.7 Å². The zero-order chi connectivity index (χ0) is 16.5. The summed E-state index contributed by atoms with van der Waals surface area (Å²) >= 11 is 0. The zero-order valence-electron chi connectivity index (χ0n) is 14.1. The highest BCUT2D eigenvalue weighted by Gasteiger charge is 2.26. The van der Waals surface area contributed by atoms with Crippen LogP contribution in [-0.4, -0.2) is 56.8 Å². The van der Waals surface area contributed by atoms with E-state index in [2.05, 4.69) is 34.4 Å². The number of hydrogen-bond acceptors (Lipinski definition) is 2. The summed E-state index contributed by atoms with van der Waals surface area (Å²) in [5.74, 6) is 0.991. The van der Waals surface area contributed by atoms with Crippen molar-refractivity contribution >= 4 is 29.9 Å². The van der Waals surface area contributed by atoms with Crippen molar-refractivity contribution in [3.8, 4) is 0 Å². The molecular formula is C14H30F3IN4. The van der Waals surface area contributed by atoms with Gasteiger partial charge in [-0.15, -0.1) is 24.0 Å². The number of nitrogens with zero attached hydrogens (tertiary/aromatic N) is 2. The molecule has 8 heteroatoms. The number of aliphatic imine (C=N–C) groups is 1. The van der Waals surface area contributed by atoms with Gasteiger partial charge < -0.3 is 15.5 Å². The quantitative estimate of drug-likeness (QED) is 0.348. The van der Waals surface area contributed by atoms with Crippen molar-refractivity contribution in [3.05, 3.63) is 0 Å². The summed E-state index contributed by atoms with van der Waals surface area (Å²) in [5.41, 5.74) is 0. The molecule has 0 aliphatic carbocycles. The lowest BCUT2D eigenvalue weighted by molar-refractivity contribution is -0.132. The Morgan fingerprint density at radius 2 is 1.77 bits per heavy atom. The fourth-order valence-electron chi connectivity index (χ4n) is 1.85. The minimum absolute atomic E-state index is 0. The van der Waals surface area contributed by atoms with E-state index in [4.69, 9.17) is 0 Å². The van der Waals surface area contributed by atoms with E-state index in [1.54, 1.807) is 0 Å². The number of nitrogens with one attached hydrogen (secondary N) is 2. The predicted molar refractivity (Wildman–Crippen MR) is 97.0 cm³/mol. The van der Waals surface area contributed by atoms with Crippen LogP contribution < -0.4 is 10.6 Å². The molecule has 4 nitrogen and oxygen atoms in total. The third-order valence-electron chi connectivity index (χ3n) is 2.98. The molecule has 0 aromatic rings. The maximum Gasteiger partial charge on any atom is 0.390 e. The van der Waals surface area contributed by atoms with Gasteiger partial charge in [-0.1, -0.05) is 13.8 Å². The van der Waals surface area contributed by atoms with Gasteiger partial charge in [-0.2, -0.15) is 13.2 Å². The maximum atomic E-state index is 12.1. The van der Waals surface area contributed by atoms with Gasteiger partial charge >= 0.3 is 6.18 Å². The normalized spacial score (nSPS) is 14.0. The molecule has 1 unspecified atom stereocenters. The highest BCUT2D eigenvalue weighted by atomic mass is 127. The summed E-state index contributed by atoms with van der Waals surface area (Å²) < 4.78 is 36.4. The lowest BCUT2D eigenvalue weighted by atomic mass is 10.0. The van der Waals surface area contributed by atoms with Gasteiger partial charge in [-0.25, -0.2) is 0 Å². The Hall–Kier alpha value is -0.250. The molecule has 0 aromatic heterocycles. The monoisotopic (exact) mass is 438 g/mol. The first-order chi connectivity index (χ1) is 9.65. The summed E-state index contributed by atoms with van der Waals surface area (Å²) in [7, 11) is 3.99. The van der Waals surface area contributed by atoms with Crippen LogP contribution in [0.1, 0.15) is 33.6 Å². The van der Waals surface area contributed by atoms with Gasteiger partial charge in [-0.3, -0.25) is 4.99 Å². The lowest BCUT2D eigenvalue weighted by Gasteiger charge is -2.25. The van der Waals surface area contributed by atoms with Crippen LogP contribution in [0.3, 0.4) is 0 Å². The Bertz CT molecular complexity index is 307. The van der Waals surface area contributed by atoms with Gasteiger partial charge in [0.1, 0.15) is 0 Å². The van der Waals surface area contributed by atoms with E-state index in [0.717, 1.165) is 6.42 Å². The van der Waals surface area contributed by atoms with E-state index < -0.39 is 12.6 Å². The third-order valence-corrected chi connectivity index (χ3v) is 2.98. The molecule has 0 fully saturated rings. The van der Waals surface area contributed by atoms with Gasteiger partial charge in [0.2, 0.25) is 0 Å². The summed E-state index contributed by atoms with van der Waals surface area (Å²) in [6.45, 7) is 7.20. The van der Waals surface area contributed by atoms with Crippen LogP contribution in [0.4, 0.5) is 13.2 Å². The van der Waals surface area contributed by atoms with Crippen molar-refractivity contribution in [1.82, 2.24) is 15.5 Å². The molecule has 0 aromatic carbocycles. The van der Waals surface area contributed by atoms with Gasteiger partial charge in [0.25, 0.3) is 0 Å². The number of rotatable bonds is 8. The van der Waals surface area contributed by atoms with E-state index >= 15 is 0 Å². The zero-order valence-corrected chi connectivity index (χ0v) is 16.5. The molecule has 0 rings (SSSR count). The summed E-state index contributed by atoms with van der Waals surface area (Å²) in [4.78, 5) is 6.49. The van der Waals surface area contributed by atoms with Crippen LogP contribution in [0.2, 0.25) is 0 Å². The molecule has 0 saturated heterocycles. The molecule has 0 bridgehead atoms. The first kappa shape index (κ1) is 24.0. The Morgan fingerprint density at radius 1 is 1.18 bits per heavy atom. The molecule has 0 heterocycles. The molecule has 0 spiro atoms. The molecule has 0 saturated carbocycles. The molecule has 22 heavy (non-hydrogen) atoms. The van der Waals surface area contributed by atoms with E-state index in [1.807, 2.05) is 21.0 Å². The first-order valence-corrected chi connectivity index (χ1v) is 7.41. The molecule has 0 amide bonds. The molecule has 0 radical (unpaired) electrons. The average Bonchev–Trinajstić information content (AvgIpc) is 2.31. The summed E-state index contributed by atoms with van der Waals surface area (Å²) in [6, 6.07) is 0.281. The van der Waals surface area contributed by atoms with Crippen LogP contribution in [0.25, 0.3) is 0 Å². The average molecular weight is 438 g/mol. The maximum absolute atomic E-state index is 12.1. The van der Waals surface area contributed by atoms with E-state index in [9.17, 15) is 13.2 Å². The van der Waals surface area contributed by atoms with E-state index in [-0.39, 0.29) is 36.6 Å². The second-order valence-corrected chi connectivity index (χ2v) is 5.76. The number of alkyl halides is 3. The standard InChI is InChI=1S/C14H29F3N4.HI/c1-6-18-13(19-8-7-14(15,16)17)20-10-12(21(4)5)9-11(2)3;/h11-12H,6-10H2,1-5H3,(H2,18,19,20);1H. The van der Waals surface area contributed by atoms with Crippen molar-refractivity contribution in [3.63, 3.8) is 0 Å². The second kappa shape index (κ2) is 12.2.